The number of fused-ring (bicyclic) bond motifs is 1. The van der Waals surface area contributed by atoms with Crippen molar-refractivity contribution in [3.8, 4) is 0 Å². The van der Waals surface area contributed by atoms with E-state index in [9.17, 15) is 4.79 Å². The second-order valence-electron chi connectivity index (χ2n) is 4.67. The molecule has 0 fully saturated rings. The summed E-state index contributed by atoms with van der Waals surface area (Å²) in [5.41, 5.74) is 2.21. The number of carbonyl (C=O) groups is 1. The van der Waals surface area contributed by atoms with Gasteiger partial charge in [0.05, 0.1) is 12.1 Å². The first kappa shape index (κ1) is 10.7. The van der Waals surface area contributed by atoms with Crippen LogP contribution in [0.2, 0.25) is 0 Å². The molecule has 0 aliphatic carbocycles. The van der Waals surface area contributed by atoms with Crippen molar-refractivity contribution >= 4 is 17.2 Å². The molecule has 0 N–H and O–H groups in total. The minimum Gasteiger partial charge on any atom is -0.331 e. The van der Waals surface area contributed by atoms with E-state index in [1.54, 1.807) is 11.3 Å². The highest BCUT2D eigenvalue weighted by atomic mass is 32.1. The summed E-state index contributed by atoms with van der Waals surface area (Å²) in [6.07, 6.45) is 0. The van der Waals surface area contributed by atoms with Crippen LogP contribution in [0.3, 0.4) is 0 Å². The van der Waals surface area contributed by atoms with Gasteiger partial charge in [0, 0.05) is 10.9 Å². The van der Waals surface area contributed by atoms with E-state index in [2.05, 4.69) is 33.1 Å². The van der Waals surface area contributed by atoms with Gasteiger partial charge in [0.2, 0.25) is 0 Å². The van der Waals surface area contributed by atoms with E-state index >= 15 is 0 Å². The number of amides is 1. The molecule has 0 aromatic carbocycles. The molecule has 0 radical (unpaired) electrons. The van der Waals surface area contributed by atoms with E-state index in [0.717, 1.165) is 12.1 Å². The van der Waals surface area contributed by atoms with Crippen molar-refractivity contribution in [2.24, 2.45) is 0 Å². The van der Waals surface area contributed by atoms with Gasteiger partial charge >= 0.3 is 0 Å². The third-order valence-electron chi connectivity index (χ3n) is 2.93. The van der Waals surface area contributed by atoms with Crippen molar-refractivity contribution in [1.82, 2.24) is 4.90 Å². The average molecular weight is 223 g/mol. The Morgan fingerprint density at radius 2 is 2.00 bits per heavy atom. The number of thiophene rings is 1. The quantitative estimate of drug-likeness (QED) is 0.753. The Morgan fingerprint density at radius 1 is 1.33 bits per heavy atom. The van der Waals surface area contributed by atoms with E-state index in [1.165, 1.54) is 10.4 Å². The Bertz CT molecular complexity index is 392. The number of carbonyl (C=O) groups excluding carboxylic acids is 1. The zero-order valence-corrected chi connectivity index (χ0v) is 10.5. The lowest BCUT2D eigenvalue weighted by Crippen LogP contribution is -2.31. The van der Waals surface area contributed by atoms with Crippen LogP contribution in [0.15, 0.2) is 5.38 Å². The molecule has 0 unspecified atom stereocenters. The van der Waals surface area contributed by atoms with Gasteiger partial charge in [-0.3, -0.25) is 4.79 Å². The third-order valence-corrected chi connectivity index (χ3v) is 3.92. The summed E-state index contributed by atoms with van der Waals surface area (Å²) in [7, 11) is 0. The van der Waals surface area contributed by atoms with Gasteiger partial charge in [-0.2, -0.15) is 0 Å². The van der Waals surface area contributed by atoms with Crippen molar-refractivity contribution in [3.63, 3.8) is 0 Å². The fourth-order valence-electron chi connectivity index (χ4n) is 1.98. The fourth-order valence-corrected chi connectivity index (χ4v) is 3.18. The molecule has 15 heavy (non-hydrogen) atoms. The molecule has 1 aromatic heterocycles. The maximum Gasteiger partial charge on any atom is 0.255 e. The van der Waals surface area contributed by atoms with Crippen LogP contribution in [-0.2, 0) is 6.54 Å². The summed E-state index contributed by atoms with van der Waals surface area (Å²) < 4.78 is 0. The summed E-state index contributed by atoms with van der Waals surface area (Å²) in [6.45, 7) is 9.25. The molecular formula is C12H17NOS. The molecular weight excluding hydrogens is 206 g/mol. The maximum atomic E-state index is 12.2. The molecule has 0 spiro atoms. The van der Waals surface area contributed by atoms with Gasteiger partial charge in [0.1, 0.15) is 0 Å². The second-order valence-corrected chi connectivity index (χ2v) is 5.63. The molecule has 82 valence electrons. The lowest BCUT2D eigenvalue weighted by Gasteiger charge is -2.20. The van der Waals surface area contributed by atoms with Gasteiger partial charge in [0.25, 0.3) is 5.91 Å². The largest absolute Gasteiger partial charge is 0.331 e. The van der Waals surface area contributed by atoms with Crippen LogP contribution >= 0.6 is 11.3 Å². The molecule has 0 saturated heterocycles. The Kier molecular flexibility index (Phi) is 2.59. The number of rotatable bonds is 2. The maximum absolute atomic E-state index is 12.2. The van der Waals surface area contributed by atoms with Gasteiger partial charge in [0.15, 0.2) is 0 Å². The van der Waals surface area contributed by atoms with Gasteiger partial charge < -0.3 is 4.90 Å². The zero-order chi connectivity index (χ0) is 11.2. The van der Waals surface area contributed by atoms with Gasteiger partial charge in [-0.15, -0.1) is 11.3 Å². The van der Waals surface area contributed by atoms with Crippen molar-refractivity contribution in [1.29, 1.82) is 0 Å². The topological polar surface area (TPSA) is 20.3 Å². The lowest BCUT2D eigenvalue weighted by atomic mass is 10.0. The van der Waals surface area contributed by atoms with E-state index < -0.39 is 0 Å². The predicted octanol–water partition coefficient (Wildman–Crippen LogP) is 3.24. The lowest BCUT2D eigenvalue weighted by molar-refractivity contribution is 0.0730. The van der Waals surface area contributed by atoms with Crippen LogP contribution in [-0.4, -0.2) is 16.8 Å². The van der Waals surface area contributed by atoms with Gasteiger partial charge in [-0.1, -0.05) is 13.8 Å². The highest BCUT2D eigenvalue weighted by Crippen LogP contribution is 2.35. The standard InChI is InChI=1S/C12H17NOS/c1-7(2)9-6-15-10-5-13(8(3)4)12(14)11(9)10/h6-8H,5H2,1-4H3. The van der Waals surface area contributed by atoms with Crippen molar-refractivity contribution in [2.75, 3.05) is 0 Å². The monoisotopic (exact) mass is 223 g/mol. The van der Waals surface area contributed by atoms with Crippen molar-refractivity contribution in [3.05, 3.63) is 21.4 Å². The predicted molar refractivity (Wildman–Crippen MR) is 63.4 cm³/mol. The molecule has 2 nitrogen and oxygen atoms in total. The molecule has 2 rings (SSSR count). The van der Waals surface area contributed by atoms with Crippen LogP contribution in [0.5, 0.6) is 0 Å². The Hall–Kier alpha value is -0.830. The Labute approximate surface area is 94.9 Å². The van der Waals surface area contributed by atoms with Crippen LogP contribution in [0.1, 0.15) is 54.4 Å². The normalized spacial score (nSPS) is 15.6. The summed E-state index contributed by atoms with van der Waals surface area (Å²) in [5, 5.41) is 2.14. The summed E-state index contributed by atoms with van der Waals surface area (Å²) >= 11 is 1.73. The van der Waals surface area contributed by atoms with E-state index in [0.29, 0.717) is 12.0 Å². The second kappa shape index (κ2) is 3.63. The Morgan fingerprint density at radius 3 is 2.53 bits per heavy atom. The highest BCUT2D eigenvalue weighted by molar-refractivity contribution is 7.10. The summed E-state index contributed by atoms with van der Waals surface area (Å²) in [6, 6.07) is 0.303. The highest BCUT2D eigenvalue weighted by Gasteiger charge is 2.33. The zero-order valence-electron chi connectivity index (χ0n) is 9.70. The summed E-state index contributed by atoms with van der Waals surface area (Å²) in [5.74, 6) is 0.672. The minimum atomic E-state index is 0.227. The van der Waals surface area contributed by atoms with Gasteiger partial charge in [-0.25, -0.2) is 0 Å². The van der Waals surface area contributed by atoms with Crippen LogP contribution in [0.4, 0.5) is 0 Å². The number of nitrogens with zero attached hydrogens (tertiary/aromatic N) is 1. The van der Waals surface area contributed by atoms with Gasteiger partial charge in [-0.05, 0) is 30.7 Å². The Balaban J connectivity index is 2.39. The summed E-state index contributed by atoms with van der Waals surface area (Å²) in [4.78, 5) is 15.4. The average Bonchev–Trinajstić information content (AvgIpc) is 2.66. The molecule has 1 aromatic rings. The van der Waals surface area contributed by atoms with E-state index in [4.69, 9.17) is 0 Å². The molecule has 2 heterocycles. The minimum absolute atomic E-state index is 0.227. The molecule has 1 aliphatic heterocycles. The SMILES string of the molecule is CC(C)c1csc2c1C(=O)N(C(C)C)C2. The van der Waals surface area contributed by atoms with Crippen LogP contribution in [0, 0.1) is 0 Å². The number of hydrogen-bond acceptors (Lipinski definition) is 2. The fraction of sp³-hybridized carbons (Fsp3) is 0.583. The van der Waals surface area contributed by atoms with Crippen LogP contribution in [0.25, 0.3) is 0 Å². The first-order valence-electron chi connectivity index (χ1n) is 5.43. The van der Waals surface area contributed by atoms with Crippen molar-refractivity contribution in [2.45, 2.75) is 46.2 Å². The molecule has 0 bridgehead atoms. The van der Waals surface area contributed by atoms with E-state index in [1.807, 2.05) is 4.90 Å². The molecule has 3 heteroatoms. The first-order chi connectivity index (χ1) is 7.02. The van der Waals surface area contributed by atoms with Crippen molar-refractivity contribution < 1.29 is 4.79 Å². The molecule has 0 atom stereocenters. The number of hydrogen-bond donors (Lipinski definition) is 0. The smallest absolute Gasteiger partial charge is 0.255 e. The first-order valence-corrected chi connectivity index (χ1v) is 6.31. The third kappa shape index (κ3) is 1.59. The molecule has 0 saturated carbocycles. The van der Waals surface area contributed by atoms with E-state index in [-0.39, 0.29) is 5.91 Å². The van der Waals surface area contributed by atoms with Crippen LogP contribution < -0.4 is 0 Å². The molecule has 1 amide bonds. The molecule has 1 aliphatic rings.